The summed E-state index contributed by atoms with van der Waals surface area (Å²) in [6, 6.07) is -0.637. The number of imide groups is 1. The molecule has 2 rings (SSSR count). The van der Waals surface area contributed by atoms with Gasteiger partial charge in [-0.05, 0) is 19.3 Å². The molecule has 1 aliphatic rings. The van der Waals surface area contributed by atoms with Crippen molar-refractivity contribution in [1.29, 1.82) is 0 Å². The summed E-state index contributed by atoms with van der Waals surface area (Å²) in [5.41, 5.74) is 0. The lowest BCUT2D eigenvalue weighted by atomic mass is 10.0. The van der Waals surface area contributed by atoms with Crippen LogP contribution in [-0.4, -0.2) is 34.9 Å². The molecule has 0 radical (unpaired) electrons. The topological polar surface area (TPSA) is 53.5 Å². The molecule has 0 aliphatic carbocycles. The van der Waals surface area contributed by atoms with E-state index in [-0.39, 0.29) is 18.0 Å². The number of nitrogens with zero attached hydrogens (tertiary/aromatic N) is 3. The lowest BCUT2D eigenvalue weighted by Gasteiger charge is -2.17. The van der Waals surface area contributed by atoms with Crippen LogP contribution in [0.3, 0.4) is 0 Å². The summed E-state index contributed by atoms with van der Waals surface area (Å²) in [6.07, 6.45) is 2.36. The number of hydrogen-bond acceptors (Lipinski definition) is 4. The molecule has 1 aromatic heterocycles. The largest absolute Gasteiger partial charge is 0.333 e. The number of hydrogen-bond donors (Lipinski definition) is 0. The molecular weight excluding hydrogens is 250 g/mol. The summed E-state index contributed by atoms with van der Waals surface area (Å²) in [6.45, 7) is 5.99. The Balaban J connectivity index is 2.28. The van der Waals surface area contributed by atoms with Crippen LogP contribution >= 0.6 is 11.3 Å². The molecule has 0 N–H and O–H groups in total. The van der Waals surface area contributed by atoms with E-state index in [0.29, 0.717) is 17.5 Å². The van der Waals surface area contributed by atoms with Gasteiger partial charge in [0, 0.05) is 18.1 Å². The smallest absolute Gasteiger partial charge is 0.315 e. The minimum Gasteiger partial charge on any atom is -0.315 e. The average molecular weight is 267 g/mol. The first-order valence-electron chi connectivity index (χ1n) is 5.95. The Labute approximate surface area is 110 Å². The van der Waals surface area contributed by atoms with Crippen molar-refractivity contribution in [2.45, 2.75) is 33.2 Å². The molecule has 0 spiro atoms. The first-order valence-corrected chi connectivity index (χ1v) is 6.76. The predicted octanol–water partition coefficient (Wildman–Crippen LogP) is 2.26. The van der Waals surface area contributed by atoms with E-state index in [1.54, 1.807) is 13.2 Å². The van der Waals surface area contributed by atoms with Crippen LogP contribution in [0.5, 0.6) is 0 Å². The summed E-state index contributed by atoms with van der Waals surface area (Å²) < 4.78 is 0. The molecule has 1 unspecified atom stereocenters. The lowest BCUT2D eigenvalue weighted by molar-refractivity contribution is -0.119. The Kier molecular flexibility index (Phi) is 3.38. The fraction of sp³-hybridized carbons (Fsp3) is 0.583. The molecule has 5 nitrogen and oxygen atoms in total. The number of urea groups is 1. The third kappa shape index (κ3) is 2.12. The van der Waals surface area contributed by atoms with Crippen LogP contribution in [0.15, 0.2) is 6.20 Å². The van der Waals surface area contributed by atoms with Crippen LogP contribution in [0, 0.1) is 12.8 Å². The standard InChI is InChI=1S/C12H17N3O2S/c1-7(2)5-9-10(16)15(12(17)14(9)4)11-13-6-8(3)18-11/h6-7,9H,5H2,1-4H3. The minimum absolute atomic E-state index is 0.162. The Hall–Kier alpha value is -1.43. The first-order chi connectivity index (χ1) is 8.41. The second-order valence-corrected chi connectivity index (χ2v) is 6.18. The van der Waals surface area contributed by atoms with Crippen molar-refractivity contribution in [3.63, 3.8) is 0 Å². The number of anilines is 1. The Morgan fingerprint density at radius 3 is 2.61 bits per heavy atom. The summed E-state index contributed by atoms with van der Waals surface area (Å²) in [7, 11) is 1.67. The van der Waals surface area contributed by atoms with Gasteiger partial charge in [0.25, 0.3) is 5.91 Å². The quantitative estimate of drug-likeness (QED) is 0.789. The molecule has 1 fully saturated rings. The number of thiazole rings is 1. The van der Waals surface area contributed by atoms with Crippen molar-refractivity contribution in [2.24, 2.45) is 5.92 Å². The molecule has 0 saturated carbocycles. The van der Waals surface area contributed by atoms with E-state index < -0.39 is 0 Å². The number of amides is 3. The molecule has 18 heavy (non-hydrogen) atoms. The van der Waals surface area contributed by atoms with Crippen LogP contribution in [-0.2, 0) is 4.79 Å². The predicted molar refractivity (Wildman–Crippen MR) is 70.7 cm³/mol. The van der Waals surface area contributed by atoms with E-state index in [2.05, 4.69) is 4.98 Å². The van der Waals surface area contributed by atoms with Crippen molar-refractivity contribution >= 4 is 28.4 Å². The average Bonchev–Trinajstić information content (AvgIpc) is 2.78. The van der Waals surface area contributed by atoms with Crippen LogP contribution in [0.25, 0.3) is 0 Å². The van der Waals surface area contributed by atoms with E-state index in [4.69, 9.17) is 0 Å². The van der Waals surface area contributed by atoms with Crippen LogP contribution in [0.4, 0.5) is 9.93 Å². The zero-order valence-corrected chi connectivity index (χ0v) is 11.8. The van der Waals surface area contributed by atoms with E-state index in [0.717, 1.165) is 4.88 Å². The normalized spacial score (nSPS) is 20.4. The van der Waals surface area contributed by atoms with Crippen molar-refractivity contribution in [3.8, 4) is 0 Å². The molecule has 1 atom stereocenters. The fourth-order valence-electron chi connectivity index (χ4n) is 2.03. The van der Waals surface area contributed by atoms with E-state index in [9.17, 15) is 9.59 Å². The maximum Gasteiger partial charge on any atom is 0.333 e. The van der Waals surface area contributed by atoms with Gasteiger partial charge in [-0.3, -0.25) is 4.79 Å². The zero-order valence-electron chi connectivity index (χ0n) is 11.0. The van der Waals surface area contributed by atoms with Crippen molar-refractivity contribution < 1.29 is 9.59 Å². The maximum atomic E-state index is 12.3. The van der Waals surface area contributed by atoms with Crippen molar-refractivity contribution in [2.75, 3.05) is 11.9 Å². The van der Waals surface area contributed by atoms with E-state index >= 15 is 0 Å². The van der Waals surface area contributed by atoms with Gasteiger partial charge in [-0.2, -0.15) is 0 Å². The van der Waals surface area contributed by atoms with Gasteiger partial charge >= 0.3 is 6.03 Å². The second-order valence-electron chi connectivity index (χ2n) is 4.97. The fourth-order valence-corrected chi connectivity index (χ4v) is 2.79. The van der Waals surface area contributed by atoms with Crippen LogP contribution in [0.2, 0.25) is 0 Å². The van der Waals surface area contributed by atoms with Gasteiger partial charge in [0.15, 0.2) is 0 Å². The van der Waals surface area contributed by atoms with Crippen LogP contribution in [0.1, 0.15) is 25.1 Å². The highest BCUT2D eigenvalue weighted by molar-refractivity contribution is 7.15. The SMILES string of the molecule is Cc1cnc(N2C(=O)C(CC(C)C)N(C)C2=O)s1. The van der Waals surface area contributed by atoms with E-state index in [1.165, 1.54) is 21.1 Å². The third-order valence-corrected chi connectivity index (χ3v) is 3.86. The van der Waals surface area contributed by atoms with Gasteiger partial charge in [0.05, 0.1) is 0 Å². The highest BCUT2D eigenvalue weighted by Gasteiger charge is 2.45. The molecular formula is C12H17N3O2S. The van der Waals surface area contributed by atoms with Gasteiger partial charge in [0.2, 0.25) is 5.13 Å². The number of aryl methyl sites for hydroxylation is 1. The molecule has 1 saturated heterocycles. The maximum absolute atomic E-state index is 12.3. The van der Waals surface area contributed by atoms with E-state index in [1.807, 2.05) is 20.8 Å². The Morgan fingerprint density at radius 1 is 1.44 bits per heavy atom. The van der Waals surface area contributed by atoms with Crippen molar-refractivity contribution in [1.82, 2.24) is 9.88 Å². The molecule has 0 aromatic carbocycles. The number of likely N-dealkylation sites (N-methyl/N-ethyl adjacent to an activating group) is 1. The van der Waals surface area contributed by atoms with Gasteiger partial charge in [-0.15, -0.1) is 11.3 Å². The van der Waals surface area contributed by atoms with Crippen molar-refractivity contribution in [3.05, 3.63) is 11.1 Å². The molecule has 0 bridgehead atoms. The lowest BCUT2D eigenvalue weighted by Crippen LogP contribution is -2.32. The Morgan fingerprint density at radius 2 is 2.11 bits per heavy atom. The number of rotatable bonds is 3. The molecule has 6 heteroatoms. The zero-order chi connectivity index (χ0) is 13.4. The molecule has 1 aliphatic heterocycles. The summed E-state index contributed by atoms with van der Waals surface area (Å²) in [5.74, 6) is 0.206. The monoisotopic (exact) mass is 267 g/mol. The molecule has 2 heterocycles. The summed E-state index contributed by atoms with van der Waals surface area (Å²) in [4.78, 5) is 32.2. The summed E-state index contributed by atoms with van der Waals surface area (Å²) >= 11 is 1.36. The van der Waals surface area contributed by atoms with Gasteiger partial charge in [0.1, 0.15) is 6.04 Å². The molecule has 98 valence electrons. The van der Waals surface area contributed by atoms with Gasteiger partial charge in [-0.25, -0.2) is 14.7 Å². The first kappa shape index (κ1) is 13.0. The second kappa shape index (κ2) is 4.68. The number of carbonyl (C=O) groups is 2. The summed E-state index contributed by atoms with van der Waals surface area (Å²) in [5, 5.41) is 0.473. The minimum atomic E-state index is -0.360. The molecule has 1 aromatic rings. The van der Waals surface area contributed by atoms with Gasteiger partial charge < -0.3 is 4.90 Å². The third-order valence-electron chi connectivity index (χ3n) is 2.96. The highest BCUT2D eigenvalue weighted by Crippen LogP contribution is 2.29. The van der Waals surface area contributed by atoms with Crippen LogP contribution < -0.4 is 4.90 Å². The molecule has 3 amide bonds. The Bertz CT molecular complexity index is 483. The number of aromatic nitrogens is 1. The van der Waals surface area contributed by atoms with Gasteiger partial charge in [-0.1, -0.05) is 13.8 Å². The highest BCUT2D eigenvalue weighted by atomic mass is 32.1. The number of carbonyl (C=O) groups excluding carboxylic acids is 2.